The van der Waals surface area contributed by atoms with Gasteiger partial charge in [-0.25, -0.2) is 4.98 Å². The van der Waals surface area contributed by atoms with Crippen molar-refractivity contribution in [2.75, 3.05) is 18.0 Å². The standard InChI is InChI=1S/C30H23N3O2/c34-28(19-8-3-1-4-9-19)20-12-14-26-24(18-20)31-29-22-13-15-25(32-16-5-2-6-17-32)21-10-7-11-23(27(21)22)30(35)33(26)29/h1,3-4,7-15,18H,2,5-6,16-17H2. The van der Waals surface area contributed by atoms with Crippen molar-refractivity contribution in [1.82, 2.24) is 9.38 Å². The maximum atomic E-state index is 13.7. The quantitative estimate of drug-likeness (QED) is 0.315. The number of pyridine rings is 1. The lowest BCUT2D eigenvalue weighted by Crippen LogP contribution is -2.29. The van der Waals surface area contributed by atoms with Crippen LogP contribution in [0.25, 0.3) is 38.2 Å². The van der Waals surface area contributed by atoms with Crippen LogP contribution in [0.3, 0.4) is 0 Å². The topological polar surface area (TPSA) is 54.7 Å². The van der Waals surface area contributed by atoms with Gasteiger partial charge in [0, 0.05) is 51.4 Å². The molecule has 0 spiro atoms. The number of hydrogen-bond donors (Lipinski definition) is 0. The Morgan fingerprint density at radius 1 is 0.743 bits per heavy atom. The molecular weight excluding hydrogens is 434 g/mol. The number of fused-ring (bicyclic) bond motifs is 4. The zero-order valence-electron chi connectivity index (χ0n) is 19.2. The molecule has 1 aliphatic rings. The summed E-state index contributed by atoms with van der Waals surface area (Å²) in [5.74, 6) is -0.0543. The number of carbonyl (C=O) groups is 1. The average Bonchev–Trinajstić information content (AvgIpc) is 3.31. The van der Waals surface area contributed by atoms with Crippen LogP contribution in [0.4, 0.5) is 5.69 Å². The number of hydrogen-bond acceptors (Lipinski definition) is 4. The number of nitrogens with zero attached hydrogens (tertiary/aromatic N) is 3. The molecule has 0 unspecified atom stereocenters. The predicted molar refractivity (Wildman–Crippen MR) is 141 cm³/mol. The molecule has 0 atom stereocenters. The summed E-state index contributed by atoms with van der Waals surface area (Å²) in [4.78, 5) is 34.1. The number of anilines is 1. The minimum atomic E-state index is -0.0708. The van der Waals surface area contributed by atoms with Crippen molar-refractivity contribution in [3.63, 3.8) is 0 Å². The van der Waals surface area contributed by atoms with Crippen LogP contribution >= 0.6 is 0 Å². The summed E-state index contributed by atoms with van der Waals surface area (Å²) in [6, 6.07) is 25.0. The van der Waals surface area contributed by atoms with Gasteiger partial charge in [-0.2, -0.15) is 0 Å². The monoisotopic (exact) mass is 457 g/mol. The summed E-state index contributed by atoms with van der Waals surface area (Å²) in [6.45, 7) is 2.09. The van der Waals surface area contributed by atoms with E-state index < -0.39 is 0 Å². The summed E-state index contributed by atoms with van der Waals surface area (Å²) in [5.41, 5.74) is 4.33. The highest BCUT2D eigenvalue weighted by Crippen LogP contribution is 2.36. The SMILES string of the molecule is O=C(c1ccccc1)c1ccc2c(c1)nc1c3ccc(N4CCCCC4)c4cccc(c(=O)n21)c43. The normalized spacial score (nSPS) is 14.5. The van der Waals surface area contributed by atoms with Crippen LogP contribution < -0.4 is 10.5 Å². The fourth-order valence-electron chi connectivity index (χ4n) is 5.65. The second-order valence-corrected chi connectivity index (χ2v) is 9.38. The molecule has 1 saturated heterocycles. The van der Waals surface area contributed by atoms with Crippen LogP contribution in [-0.2, 0) is 0 Å². The molecule has 0 amide bonds. The van der Waals surface area contributed by atoms with Gasteiger partial charge >= 0.3 is 0 Å². The molecule has 3 heterocycles. The summed E-state index contributed by atoms with van der Waals surface area (Å²) in [6.07, 6.45) is 3.67. The molecule has 5 nitrogen and oxygen atoms in total. The van der Waals surface area contributed by atoms with Crippen molar-refractivity contribution >= 4 is 49.7 Å². The molecule has 0 saturated carbocycles. The maximum Gasteiger partial charge on any atom is 0.264 e. The van der Waals surface area contributed by atoms with Crippen molar-refractivity contribution in [2.24, 2.45) is 0 Å². The molecule has 1 fully saturated rings. The summed E-state index contributed by atoms with van der Waals surface area (Å²) in [5, 5.41) is 3.74. The number of aromatic nitrogens is 2. The average molecular weight is 458 g/mol. The molecule has 1 aliphatic heterocycles. The van der Waals surface area contributed by atoms with Gasteiger partial charge in [0.25, 0.3) is 5.56 Å². The third-order valence-corrected chi connectivity index (χ3v) is 7.34. The van der Waals surface area contributed by atoms with Gasteiger partial charge < -0.3 is 4.90 Å². The molecule has 0 bridgehead atoms. The fraction of sp³-hybridized carbons (Fsp3) is 0.167. The van der Waals surface area contributed by atoms with Crippen LogP contribution in [0.15, 0.2) is 83.7 Å². The molecule has 0 radical (unpaired) electrons. The molecular formula is C30H23N3O2. The smallest absolute Gasteiger partial charge is 0.264 e. The second kappa shape index (κ2) is 7.64. The Kier molecular flexibility index (Phi) is 4.40. The third-order valence-electron chi connectivity index (χ3n) is 7.34. The number of piperidine rings is 1. The number of rotatable bonds is 3. The first kappa shape index (κ1) is 20.2. The summed E-state index contributed by atoms with van der Waals surface area (Å²) < 4.78 is 1.70. The molecule has 0 aliphatic carbocycles. The van der Waals surface area contributed by atoms with E-state index in [1.807, 2.05) is 48.5 Å². The van der Waals surface area contributed by atoms with Crippen molar-refractivity contribution in [1.29, 1.82) is 0 Å². The third kappa shape index (κ3) is 2.98. The molecule has 4 aromatic carbocycles. The first-order valence-corrected chi connectivity index (χ1v) is 12.2. The molecule has 0 N–H and O–H groups in total. The highest BCUT2D eigenvalue weighted by Gasteiger charge is 2.21. The van der Waals surface area contributed by atoms with E-state index in [4.69, 9.17) is 4.98 Å². The highest BCUT2D eigenvalue weighted by atomic mass is 16.1. The van der Waals surface area contributed by atoms with Crippen molar-refractivity contribution < 1.29 is 4.79 Å². The van der Waals surface area contributed by atoms with E-state index in [1.54, 1.807) is 16.5 Å². The number of imidazole rings is 1. The van der Waals surface area contributed by atoms with E-state index >= 15 is 0 Å². The Balaban J connectivity index is 1.48. The zero-order valence-corrected chi connectivity index (χ0v) is 19.2. The van der Waals surface area contributed by atoms with Gasteiger partial charge in [0.1, 0.15) is 5.65 Å². The minimum Gasteiger partial charge on any atom is -0.371 e. The van der Waals surface area contributed by atoms with Gasteiger partial charge in [0.15, 0.2) is 5.78 Å². The van der Waals surface area contributed by atoms with Crippen LogP contribution in [0.1, 0.15) is 35.2 Å². The van der Waals surface area contributed by atoms with Crippen molar-refractivity contribution in [3.05, 3.63) is 100 Å². The van der Waals surface area contributed by atoms with Crippen LogP contribution in [0.2, 0.25) is 0 Å². The van der Waals surface area contributed by atoms with Crippen molar-refractivity contribution in [2.45, 2.75) is 19.3 Å². The van der Waals surface area contributed by atoms with Crippen molar-refractivity contribution in [3.8, 4) is 0 Å². The van der Waals surface area contributed by atoms with E-state index in [0.717, 1.165) is 34.8 Å². The Hall–Kier alpha value is -4.25. The fourth-order valence-corrected chi connectivity index (χ4v) is 5.65. The lowest BCUT2D eigenvalue weighted by atomic mass is 9.99. The van der Waals surface area contributed by atoms with Gasteiger partial charge in [0.2, 0.25) is 0 Å². The second-order valence-electron chi connectivity index (χ2n) is 9.38. The van der Waals surface area contributed by atoms with Crippen LogP contribution in [0, 0.1) is 0 Å². The first-order valence-electron chi connectivity index (χ1n) is 12.2. The Morgan fingerprint density at radius 3 is 2.37 bits per heavy atom. The zero-order chi connectivity index (χ0) is 23.5. The molecule has 7 rings (SSSR count). The van der Waals surface area contributed by atoms with Gasteiger partial charge in [-0.1, -0.05) is 42.5 Å². The molecule has 35 heavy (non-hydrogen) atoms. The lowest BCUT2D eigenvalue weighted by molar-refractivity contribution is 0.103. The Morgan fingerprint density at radius 2 is 1.54 bits per heavy atom. The molecule has 170 valence electrons. The Bertz CT molecular complexity index is 1820. The highest BCUT2D eigenvalue weighted by molar-refractivity contribution is 6.19. The molecule has 5 heteroatoms. The summed E-state index contributed by atoms with van der Waals surface area (Å²) in [7, 11) is 0. The minimum absolute atomic E-state index is 0.0543. The van der Waals surface area contributed by atoms with Gasteiger partial charge in [-0.3, -0.25) is 14.0 Å². The number of ketones is 1. The van der Waals surface area contributed by atoms with E-state index in [-0.39, 0.29) is 11.3 Å². The lowest BCUT2D eigenvalue weighted by Gasteiger charge is -2.30. The maximum absolute atomic E-state index is 13.7. The summed E-state index contributed by atoms with van der Waals surface area (Å²) >= 11 is 0. The van der Waals surface area contributed by atoms with E-state index in [0.29, 0.717) is 27.7 Å². The molecule has 2 aromatic heterocycles. The van der Waals surface area contributed by atoms with E-state index in [9.17, 15) is 9.59 Å². The first-order chi connectivity index (χ1) is 17.2. The van der Waals surface area contributed by atoms with Crippen LogP contribution in [0.5, 0.6) is 0 Å². The van der Waals surface area contributed by atoms with E-state index in [1.165, 1.54) is 24.9 Å². The largest absolute Gasteiger partial charge is 0.371 e. The van der Waals surface area contributed by atoms with Crippen LogP contribution in [-0.4, -0.2) is 28.3 Å². The van der Waals surface area contributed by atoms with E-state index in [2.05, 4.69) is 23.1 Å². The van der Waals surface area contributed by atoms with Gasteiger partial charge in [-0.05, 0) is 55.7 Å². The van der Waals surface area contributed by atoms with Gasteiger partial charge in [-0.15, -0.1) is 0 Å². The number of carbonyl (C=O) groups excluding carboxylic acids is 1. The predicted octanol–water partition coefficient (Wildman–Crippen LogP) is 5.81. The number of benzene rings is 4. The Labute approximate surface area is 201 Å². The molecule has 6 aromatic rings. The van der Waals surface area contributed by atoms with Gasteiger partial charge in [0.05, 0.1) is 11.0 Å².